The van der Waals surface area contributed by atoms with E-state index in [0.717, 1.165) is 50.6 Å². The van der Waals surface area contributed by atoms with E-state index in [1.54, 1.807) is 0 Å². The van der Waals surface area contributed by atoms with Crippen LogP contribution < -0.4 is 10.1 Å². The number of nitrogens with zero attached hydrogens (tertiary/aromatic N) is 3. The van der Waals surface area contributed by atoms with Crippen molar-refractivity contribution in [3.05, 3.63) is 66.2 Å². The molecule has 2 aromatic carbocycles. The Morgan fingerprint density at radius 2 is 1.69 bits per heavy atom. The van der Waals surface area contributed by atoms with Gasteiger partial charge in [0.25, 0.3) is 0 Å². The number of nitrogens with one attached hydrogen (secondary N) is 1. The molecule has 156 valence electrons. The normalized spacial score (nSPS) is 16.7. The quantitative estimate of drug-likeness (QED) is 0.578. The maximum absolute atomic E-state index is 6.12. The van der Waals surface area contributed by atoms with Crippen molar-refractivity contribution in [2.24, 2.45) is 4.99 Å². The molecule has 1 saturated heterocycles. The van der Waals surface area contributed by atoms with Crippen LogP contribution in [0, 0.1) is 0 Å². The highest BCUT2D eigenvalue weighted by atomic mass is 16.5. The van der Waals surface area contributed by atoms with Gasteiger partial charge in [0.15, 0.2) is 5.96 Å². The summed E-state index contributed by atoms with van der Waals surface area (Å²) in [7, 11) is 6.16. The zero-order chi connectivity index (χ0) is 20.5. The number of aliphatic imine (C=N–C) groups is 1. The van der Waals surface area contributed by atoms with E-state index in [1.807, 2.05) is 37.4 Å². The van der Waals surface area contributed by atoms with Gasteiger partial charge < -0.3 is 19.9 Å². The van der Waals surface area contributed by atoms with E-state index >= 15 is 0 Å². The molecular weight excluding hydrogens is 360 g/mol. The Kier molecular flexibility index (Phi) is 7.94. The van der Waals surface area contributed by atoms with Crippen molar-refractivity contribution in [1.82, 2.24) is 15.1 Å². The molecule has 1 N–H and O–H groups in total. The molecule has 0 aromatic heterocycles. The first-order chi connectivity index (χ1) is 14.2. The number of guanidine groups is 1. The molecule has 0 aliphatic carbocycles. The van der Waals surface area contributed by atoms with Crippen LogP contribution in [0.25, 0.3) is 0 Å². The average molecular weight is 395 g/mol. The Labute approximate surface area is 175 Å². The molecule has 1 aliphatic heterocycles. The van der Waals surface area contributed by atoms with Crippen LogP contribution in [-0.4, -0.2) is 68.7 Å². The molecule has 1 heterocycles. The number of benzene rings is 2. The molecular formula is C24H34N4O. The molecule has 0 spiro atoms. The van der Waals surface area contributed by atoms with E-state index in [2.05, 4.69) is 64.5 Å². The summed E-state index contributed by atoms with van der Waals surface area (Å²) in [6.07, 6.45) is 3.32. The minimum atomic E-state index is 0.277. The highest BCUT2D eigenvalue weighted by Crippen LogP contribution is 2.18. The zero-order valence-corrected chi connectivity index (χ0v) is 17.9. The van der Waals surface area contributed by atoms with Crippen LogP contribution in [0.1, 0.15) is 18.4 Å². The van der Waals surface area contributed by atoms with Crippen molar-refractivity contribution in [3.8, 4) is 5.75 Å². The molecule has 2 aromatic rings. The predicted octanol–water partition coefficient (Wildman–Crippen LogP) is 3.28. The van der Waals surface area contributed by atoms with E-state index in [0.29, 0.717) is 6.04 Å². The third-order valence-corrected chi connectivity index (χ3v) is 5.54. The Balaban J connectivity index is 1.48. The van der Waals surface area contributed by atoms with E-state index in [-0.39, 0.29) is 6.10 Å². The van der Waals surface area contributed by atoms with E-state index in [9.17, 15) is 0 Å². The summed E-state index contributed by atoms with van der Waals surface area (Å²) >= 11 is 0. The fourth-order valence-corrected chi connectivity index (χ4v) is 3.74. The Morgan fingerprint density at radius 1 is 1.07 bits per heavy atom. The first-order valence-electron chi connectivity index (χ1n) is 10.5. The summed E-state index contributed by atoms with van der Waals surface area (Å²) in [6.45, 7) is 2.79. The van der Waals surface area contributed by atoms with Crippen molar-refractivity contribution >= 4 is 5.96 Å². The third-order valence-electron chi connectivity index (χ3n) is 5.54. The number of ether oxygens (including phenoxy) is 1. The highest BCUT2D eigenvalue weighted by Gasteiger charge is 2.23. The van der Waals surface area contributed by atoms with Crippen LogP contribution in [0.2, 0.25) is 0 Å². The lowest BCUT2D eigenvalue weighted by Gasteiger charge is -2.35. The summed E-state index contributed by atoms with van der Waals surface area (Å²) in [4.78, 5) is 9.16. The minimum Gasteiger partial charge on any atom is -0.490 e. The first-order valence-corrected chi connectivity index (χ1v) is 10.5. The molecule has 0 radical (unpaired) electrons. The molecule has 29 heavy (non-hydrogen) atoms. The topological polar surface area (TPSA) is 40.1 Å². The van der Waals surface area contributed by atoms with Gasteiger partial charge in [0.2, 0.25) is 0 Å². The molecule has 5 nitrogen and oxygen atoms in total. The molecule has 3 rings (SSSR count). The van der Waals surface area contributed by atoms with Crippen molar-refractivity contribution in [1.29, 1.82) is 0 Å². The average Bonchev–Trinajstić information content (AvgIpc) is 2.75. The summed E-state index contributed by atoms with van der Waals surface area (Å²) in [5.41, 5.74) is 1.36. The maximum Gasteiger partial charge on any atom is 0.193 e. The number of para-hydroxylation sites is 1. The molecule has 0 saturated carbocycles. The Hall–Kier alpha value is -2.53. The largest absolute Gasteiger partial charge is 0.490 e. The van der Waals surface area contributed by atoms with Gasteiger partial charge in [-0.3, -0.25) is 4.99 Å². The van der Waals surface area contributed by atoms with Gasteiger partial charge in [-0.1, -0.05) is 48.5 Å². The highest BCUT2D eigenvalue weighted by molar-refractivity contribution is 5.80. The summed E-state index contributed by atoms with van der Waals surface area (Å²) in [6, 6.07) is 21.2. The molecule has 0 amide bonds. The lowest BCUT2D eigenvalue weighted by Crippen LogP contribution is -2.50. The predicted molar refractivity (Wildman–Crippen MR) is 121 cm³/mol. The molecule has 5 heteroatoms. The van der Waals surface area contributed by atoms with Crippen LogP contribution in [-0.2, 0) is 6.42 Å². The maximum atomic E-state index is 6.12. The van der Waals surface area contributed by atoms with E-state index in [1.165, 1.54) is 5.56 Å². The second-order valence-corrected chi connectivity index (χ2v) is 7.85. The van der Waals surface area contributed by atoms with Crippen LogP contribution in [0.5, 0.6) is 5.75 Å². The first kappa shape index (κ1) is 21.2. The summed E-state index contributed by atoms with van der Waals surface area (Å²) in [5, 5.41) is 3.60. The van der Waals surface area contributed by atoms with Crippen LogP contribution in [0.3, 0.4) is 0 Å². The zero-order valence-electron chi connectivity index (χ0n) is 17.9. The van der Waals surface area contributed by atoms with Crippen molar-refractivity contribution in [2.45, 2.75) is 31.4 Å². The van der Waals surface area contributed by atoms with Gasteiger partial charge in [0, 0.05) is 45.6 Å². The van der Waals surface area contributed by atoms with Gasteiger partial charge in [0.05, 0.1) is 0 Å². The number of hydrogen-bond acceptors (Lipinski definition) is 3. The Morgan fingerprint density at radius 3 is 2.28 bits per heavy atom. The molecule has 1 fully saturated rings. The third kappa shape index (κ3) is 6.50. The number of likely N-dealkylation sites (tertiary alicyclic amines) is 1. The van der Waals surface area contributed by atoms with Gasteiger partial charge in [-0.2, -0.15) is 0 Å². The van der Waals surface area contributed by atoms with E-state index < -0.39 is 0 Å². The molecule has 1 atom stereocenters. The lowest BCUT2D eigenvalue weighted by molar-refractivity contribution is 0.129. The van der Waals surface area contributed by atoms with Crippen LogP contribution in [0.15, 0.2) is 65.7 Å². The second kappa shape index (κ2) is 10.9. The van der Waals surface area contributed by atoms with Gasteiger partial charge in [-0.25, -0.2) is 0 Å². The summed E-state index contributed by atoms with van der Waals surface area (Å²) in [5.74, 6) is 1.95. The van der Waals surface area contributed by atoms with Crippen LogP contribution in [0.4, 0.5) is 0 Å². The van der Waals surface area contributed by atoms with Crippen molar-refractivity contribution < 1.29 is 4.74 Å². The molecule has 1 unspecified atom stereocenters. The van der Waals surface area contributed by atoms with Crippen molar-refractivity contribution in [2.75, 3.05) is 40.8 Å². The van der Waals surface area contributed by atoms with Gasteiger partial charge in [-0.05, 0) is 38.2 Å². The smallest absolute Gasteiger partial charge is 0.193 e. The van der Waals surface area contributed by atoms with Gasteiger partial charge >= 0.3 is 0 Å². The Bertz CT molecular complexity index is 740. The van der Waals surface area contributed by atoms with Crippen molar-refractivity contribution in [3.63, 3.8) is 0 Å². The van der Waals surface area contributed by atoms with Gasteiger partial charge in [-0.15, -0.1) is 0 Å². The fourth-order valence-electron chi connectivity index (χ4n) is 3.74. The minimum absolute atomic E-state index is 0.277. The molecule has 0 bridgehead atoms. The van der Waals surface area contributed by atoms with Crippen LogP contribution >= 0.6 is 0 Å². The number of hydrogen-bond donors (Lipinski definition) is 1. The lowest BCUT2D eigenvalue weighted by atomic mass is 10.1. The number of likely N-dealkylation sites (N-methyl/N-ethyl adjacent to an activating group) is 1. The SMILES string of the molecule is CN=C(NCC(Cc1ccccc1)N(C)C)N1CCC(Oc2ccccc2)CC1. The second-order valence-electron chi connectivity index (χ2n) is 7.85. The standard InChI is InChI=1S/C24H34N4O/c1-25-24(26-19-21(27(2)3)18-20-10-6-4-7-11-20)28-16-14-23(15-17-28)29-22-12-8-5-9-13-22/h4-13,21,23H,14-19H2,1-3H3,(H,25,26). The molecule has 1 aliphatic rings. The number of piperidine rings is 1. The monoisotopic (exact) mass is 394 g/mol. The van der Waals surface area contributed by atoms with E-state index in [4.69, 9.17) is 4.74 Å². The fraction of sp³-hybridized carbons (Fsp3) is 0.458. The van der Waals surface area contributed by atoms with Gasteiger partial charge in [0.1, 0.15) is 11.9 Å². The number of rotatable bonds is 7. The summed E-state index contributed by atoms with van der Waals surface area (Å²) < 4.78 is 6.12.